The van der Waals surface area contributed by atoms with E-state index in [4.69, 9.17) is 4.74 Å². The van der Waals surface area contributed by atoms with Gasteiger partial charge in [0.05, 0.1) is 6.42 Å². The minimum Gasteiger partial charge on any atom is -0.426 e. The van der Waals surface area contributed by atoms with Crippen molar-refractivity contribution in [2.75, 3.05) is 20.6 Å². The van der Waals surface area contributed by atoms with Crippen LogP contribution in [0, 0.1) is 0 Å². The number of carbonyl (C=O) groups excluding carboxylic acids is 1. The van der Waals surface area contributed by atoms with Gasteiger partial charge in [-0.1, -0.05) is 18.2 Å². The fourth-order valence-electron chi connectivity index (χ4n) is 0.986. The van der Waals surface area contributed by atoms with Crippen LogP contribution in [-0.4, -0.2) is 31.5 Å². The van der Waals surface area contributed by atoms with E-state index in [2.05, 4.69) is 0 Å². The predicted molar refractivity (Wildman–Crippen MR) is 55.2 cm³/mol. The molecule has 0 N–H and O–H groups in total. The summed E-state index contributed by atoms with van der Waals surface area (Å²) in [5, 5.41) is 0. The Morgan fingerprint density at radius 3 is 2.50 bits per heavy atom. The van der Waals surface area contributed by atoms with Crippen molar-refractivity contribution < 1.29 is 9.53 Å². The molecule has 0 spiro atoms. The third-order valence-corrected chi connectivity index (χ3v) is 1.74. The molecule has 1 aromatic carbocycles. The van der Waals surface area contributed by atoms with E-state index >= 15 is 0 Å². The minimum atomic E-state index is -0.190. The molecule has 0 unspecified atom stereocenters. The second-order valence-electron chi connectivity index (χ2n) is 3.34. The number of nitrogens with zero attached hydrogens (tertiary/aromatic N) is 1. The van der Waals surface area contributed by atoms with Crippen LogP contribution in [0.4, 0.5) is 0 Å². The molecule has 0 heterocycles. The van der Waals surface area contributed by atoms with Crippen molar-refractivity contribution in [1.82, 2.24) is 4.90 Å². The molecule has 0 atom stereocenters. The van der Waals surface area contributed by atoms with Crippen molar-refractivity contribution >= 4 is 5.97 Å². The molecule has 3 nitrogen and oxygen atoms in total. The van der Waals surface area contributed by atoms with Gasteiger partial charge < -0.3 is 9.64 Å². The third-order valence-electron chi connectivity index (χ3n) is 1.74. The van der Waals surface area contributed by atoms with E-state index in [9.17, 15) is 4.79 Å². The Labute approximate surface area is 84.3 Å². The summed E-state index contributed by atoms with van der Waals surface area (Å²) < 4.78 is 5.10. The fraction of sp³-hybridized carbons (Fsp3) is 0.364. The van der Waals surface area contributed by atoms with E-state index in [1.807, 2.05) is 37.2 Å². The topological polar surface area (TPSA) is 29.5 Å². The molecule has 0 saturated carbocycles. The van der Waals surface area contributed by atoms with Crippen molar-refractivity contribution in [1.29, 1.82) is 0 Å². The van der Waals surface area contributed by atoms with Gasteiger partial charge in [0, 0.05) is 6.54 Å². The zero-order valence-corrected chi connectivity index (χ0v) is 8.56. The maximum Gasteiger partial charge on any atom is 0.312 e. The quantitative estimate of drug-likeness (QED) is 0.536. The zero-order chi connectivity index (χ0) is 10.4. The summed E-state index contributed by atoms with van der Waals surface area (Å²) in [4.78, 5) is 13.2. The van der Waals surface area contributed by atoms with Gasteiger partial charge in [-0.3, -0.25) is 4.79 Å². The van der Waals surface area contributed by atoms with E-state index < -0.39 is 0 Å². The Morgan fingerprint density at radius 1 is 1.29 bits per heavy atom. The fourth-order valence-corrected chi connectivity index (χ4v) is 0.986. The SMILES string of the molecule is CN(C)CCC(=O)Oc1ccccc1. The molecule has 76 valence electrons. The molecule has 3 heteroatoms. The summed E-state index contributed by atoms with van der Waals surface area (Å²) in [6.07, 6.45) is 0.419. The average molecular weight is 193 g/mol. The van der Waals surface area contributed by atoms with Crippen molar-refractivity contribution in [3.63, 3.8) is 0 Å². The highest BCUT2D eigenvalue weighted by atomic mass is 16.5. The molecule has 0 aliphatic rings. The Hall–Kier alpha value is -1.35. The van der Waals surface area contributed by atoms with Gasteiger partial charge in [0.1, 0.15) is 5.75 Å². The normalized spacial score (nSPS) is 10.2. The van der Waals surface area contributed by atoms with Crippen molar-refractivity contribution in [3.05, 3.63) is 30.3 Å². The third kappa shape index (κ3) is 4.05. The number of rotatable bonds is 4. The highest BCUT2D eigenvalue weighted by Crippen LogP contribution is 2.08. The van der Waals surface area contributed by atoms with Crippen LogP contribution >= 0.6 is 0 Å². The summed E-state index contributed by atoms with van der Waals surface area (Å²) in [7, 11) is 3.85. The van der Waals surface area contributed by atoms with Gasteiger partial charge in [-0.2, -0.15) is 0 Å². The highest BCUT2D eigenvalue weighted by Gasteiger charge is 2.04. The van der Waals surface area contributed by atoms with E-state index in [1.54, 1.807) is 12.1 Å². The molecule has 1 rings (SSSR count). The molecule has 0 saturated heterocycles. The lowest BCUT2D eigenvalue weighted by Gasteiger charge is -2.08. The van der Waals surface area contributed by atoms with Crippen molar-refractivity contribution in [2.24, 2.45) is 0 Å². The first kappa shape index (κ1) is 10.7. The van der Waals surface area contributed by atoms with Crippen LogP contribution in [0.25, 0.3) is 0 Å². The Morgan fingerprint density at radius 2 is 1.93 bits per heavy atom. The standard InChI is InChI=1S/C11H15NO2/c1-12(2)9-8-11(13)14-10-6-4-3-5-7-10/h3-7H,8-9H2,1-2H3. The van der Waals surface area contributed by atoms with Crippen LogP contribution in [-0.2, 0) is 4.79 Å². The maximum atomic E-state index is 11.3. The van der Waals surface area contributed by atoms with Crippen LogP contribution in [0.15, 0.2) is 30.3 Å². The second kappa shape index (κ2) is 5.40. The summed E-state index contributed by atoms with van der Waals surface area (Å²) in [5.74, 6) is 0.418. The molecule has 0 amide bonds. The smallest absolute Gasteiger partial charge is 0.312 e. The van der Waals surface area contributed by atoms with Gasteiger partial charge in [-0.15, -0.1) is 0 Å². The van der Waals surface area contributed by atoms with Gasteiger partial charge in [0.15, 0.2) is 0 Å². The largest absolute Gasteiger partial charge is 0.426 e. The lowest BCUT2D eigenvalue weighted by Crippen LogP contribution is -2.19. The number of hydrogen-bond acceptors (Lipinski definition) is 3. The second-order valence-corrected chi connectivity index (χ2v) is 3.34. The van der Waals surface area contributed by atoms with Crippen LogP contribution in [0.2, 0.25) is 0 Å². The Balaban J connectivity index is 2.35. The monoisotopic (exact) mass is 193 g/mol. The van der Waals surface area contributed by atoms with Crippen LogP contribution in [0.3, 0.4) is 0 Å². The highest BCUT2D eigenvalue weighted by molar-refractivity contribution is 5.72. The van der Waals surface area contributed by atoms with Crippen LogP contribution < -0.4 is 4.74 Å². The molecular weight excluding hydrogens is 178 g/mol. The van der Waals surface area contributed by atoms with Crippen molar-refractivity contribution in [2.45, 2.75) is 6.42 Å². The summed E-state index contributed by atoms with van der Waals surface area (Å²) >= 11 is 0. The molecule has 0 bridgehead atoms. The molecule has 0 aliphatic heterocycles. The molecular formula is C11H15NO2. The van der Waals surface area contributed by atoms with Gasteiger partial charge >= 0.3 is 5.97 Å². The average Bonchev–Trinajstić information content (AvgIpc) is 2.16. The lowest BCUT2D eigenvalue weighted by atomic mass is 10.3. The van der Waals surface area contributed by atoms with Gasteiger partial charge in [0.25, 0.3) is 0 Å². The van der Waals surface area contributed by atoms with E-state index in [0.717, 1.165) is 0 Å². The number of esters is 1. The zero-order valence-electron chi connectivity index (χ0n) is 8.56. The first-order valence-corrected chi connectivity index (χ1v) is 4.59. The maximum absolute atomic E-state index is 11.3. The number of ether oxygens (including phenoxy) is 1. The van der Waals surface area contributed by atoms with Gasteiger partial charge in [0.2, 0.25) is 0 Å². The number of carbonyl (C=O) groups is 1. The summed E-state index contributed by atoms with van der Waals surface area (Å²) in [6.45, 7) is 0.714. The Kier molecular flexibility index (Phi) is 4.13. The number of para-hydroxylation sites is 1. The summed E-state index contributed by atoms with van der Waals surface area (Å²) in [5.41, 5.74) is 0. The summed E-state index contributed by atoms with van der Waals surface area (Å²) in [6, 6.07) is 9.11. The van der Waals surface area contributed by atoms with E-state index in [0.29, 0.717) is 18.7 Å². The van der Waals surface area contributed by atoms with Gasteiger partial charge in [-0.05, 0) is 26.2 Å². The lowest BCUT2D eigenvalue weighted by molar-refractivity contribution is -0.134. The number of hydrogen-bond donors (Lipinski definition) is 0. The Bertz CT molecular complexity index is 283. The molecule has 0 aliphatic carbocycles. The van der Waals surface area contributed by atoms with Gasteiger partial charge in [-0.25, -0.2) is 0 Å². The van der Waals surface area contributed by atoms with Crippen molar-refractivity contribution in [3.8, 4) is 5.75 Å². The molecule has 14 heavy (non-hydrogen) atoms. The molecule has 1 aromatic rings. The predicted octanol–water partition coefficient (Wildman–Crippen LogP) is 1.54. The first-order valence-electron chi connectivity index (χ1n) is 4.59. The van der Waals surface area contributed by atoms with E-state index in [1.165, 1.54) is 0 Å². The molecule has 0 aromatic heterocycles. The van der Waals surface area contributed by atoms with E-state index in [-0.39, 0.29) is 5.97 Å². The first-order chi connectivity index (χ1) is 6.68. The number of benzene rings is 1. The molecule has 0 radical (unpaired) electrons. The van der Waals surface area contributed by atoms with Crippen LogP contribution in [0.1, 0.15) is 6.42 Å². The molecule has 0 fully saturated rings. The minimum absolute atomic E-state index is 0.190. The van der Waals surface area contributed by atoms with Crippen LogP contribution in [0.5, 0.6) is 5.75 Å².